The van der Waals surface area contributed by atoms with Crippen LogP contribution in [-0.2, 0) is 16.2 Å². The molecule has 0 unspecified atom stereocenters. The van der Waals surface area contributed by atoms with Crippen LogP contribution in [0, 0.1) is 0 Å². The van der Waals surface area contributed by atoms with Crippen molar-refractivity contribution in [1.82, 2.24) is 19.1 Å². The Hall–Kier alpha value is -9.26. The lowest BCUT2D eigenvalue weighted by atomic mass is 9.79. The molecule has 0 atom stereocenters. The number of hydrogen-bond acceptors (Lipinski definition) is 4. The molecule has 80 heavy (non-hydrogen) atoms. The van der Waals surface area contributed by atoms with Crippen molar-refractivity contribution >= 4 is 44.0 Å². The highest BCUT2D eigenvalue weighted by Gasteiger charge is 2.31. The van der Waals surface area contributed by atoms with Crippen molar-refractivity contribution in [1.29, 1.82) is 0 Å². The second-order valence-electron chi connectivity index (χ2n) is 24.4. The van der Waals surface area contributed by atoms with Gasteiger partial charge in [-0.2, -0.15) is 0 Å². The first-order chi connectivity index (χ1) is 38.5. The van der Waals surface area contributed by atoms with E-state index in [9.17, 15) is 5.11 Å². The van der Waals surface area contributed by atoms with Gasteiger partial charge < -0.3 is 9.52 Å². The van der Waals surface area contributed by atoms with E-state index in [4.69, 9.17) is 14.4 Å². The summed E-state index contributed by atoms with van der Waals surface area (Å²) in [6.07, 6.45) is 0. The van der Waals surface area contributed by atoms with Crippen molar-refractivity contribution in [3.05, 3.63) is 235 Å². The summed E-state index contributed by atoms with van der Waals surface area (Å²) >= 11 is 0. The molecule has 1 N–H and O–H groups in total. The van der Waals surface area contributed by atoms with Crippen LogP contribution in [0.3, 0.4) is 0 Å². The number of phenolic OH excluding ortho intramolecular Hbond substituents is 1. The second kappa shape index (κ2) is 19.0. The summed E-state index contributed by atoms with van der Waals surface area (Å²) in [6.45, 7) is 20.0. The summed E-state index contributed by atoms with van der Waals surface area (Å²) in [6, 6.07) is 77.4. The first-order valence-electron chi connectivity index (χ1n) is 27.8. The third-order valence-corrected chi connectivity index (χ3v) is 15.9. The summed E-state index contributed by atoms with van der Waals surface area (Å²) in [4.78, 5) is 11.4. The average molecular weight is 1040 g/mol. The fourth-order valence-corrected chi connectivity index (χ4v) is 11.6. The molecule has 13 rings (SSSR count). The topological polar surface area (TPSA) is 69.0 Å². The number of furan rings is 1. The number of para-hydroxylation sites is 3. The Morgan fingerprint density at radius 2 is 0.975 bits per heavy atom. The maximum atomic E-state index is 12.8. The molecule has 392 valence electrons. The highest BCUT2D eigenvalue weighted by atomic mass is 16.3. The number of phenols is 1. The molecule has 0 bridgehead atoms. The summed E-state index contributed by atoms with van der Waals surface area (Å²) in [7, 11) is 0. The summed E-state index contributed by atoms with van der Waals surface area (Å²) in [5, 5.41) is 14.9. The lowest BCUT2D eigenvalue weighted by molar-refractivity contribution is 0.446. The van der Waals surface area contributed by atoms with Gasteiger partial charge in [0.15, 0.2) is 5.58 Å². The average Bonchev–Trinajstić information content (AvgIpc) is 4.39. The third-order valence-electron chi connectivity index (χ3n) is 15.9. The number of rotatable bonds is 8. The molecule has 3 heterocycles. The van der Waals surface area contributed by atoms with Crippen LogP contribution in [0.2, 0.25) is 0 Å². The predicted molar refractivity (Wildman–Crippen MR) is 333 cm³/mol. The summed E-state index contributed by atoms with van der Waals surface area (Å²) in [5.41, 5.74) is 19.5. The van der Waals surface area contributed by atoms with Crippen LogP contribution in [0.4, 0.5) is 0 Å². The lowest BCUT2D eigenvalue weighted by Crippen LogP contribution is -2.17. The molecule has 0 fully saturated rings. The van der Waals surface area contributed by atoms with Crippen molar-refractivity contribution in [2.24, 2.45) is 0 Å². The molecule has 0 saturated carbocycles. The maximum Gasteiger partial charge on any atom is 0.161 e. The first kappa shape index (κ1) is 50.3. The Kier molecular flexibility index (Phi) is 11.9. The molecule has 0 aliphatic heterocycles. The zero-order valence-electron chi connectivity index (χ0n) is 46.9. The number of imidazole rings is 2. The summed E-state index contributed by atoms with van der Waals surface area (Å²) in [5.74, 6) is 1.70. The molecule has 0 saturated heterocycles. The van der Waals surface area contributed by atoms with Crippen molar-refractivity contribution in [3.63, 3.8) is 0 Å². The number of nitrogens with zero attached hydrogens (tertiary/aromatic N) is 4. The molecule has 13 aromatic rings. The maximum absolute atomic E-state index is 12.8. The van der Waals surface area contributed by atoms with Crippen molar-refractivity contribution in [3.8, 4) is 84.4 Å². The van der Waals surface area contributed by atoms with Crippen molar-refractivity contribution in [2.45, 2.75) is 78.6 Å². The zero-order chi connectivity index (χ0) is 55.2. The van der Waals surface area contributed by atoms with Gasteiger partial charge in [-0.3, -0.25) is 9.13 Å². The molecule has 0 spiro atoms. The van der Waals surface area contributed by atoms with Gasteiger partial charge in [-0.05, 0) is 116 Å². The normalized spacial score (nSPS) is 12.4. The number of fused-ring (bicyclic) bond motifs is 6. The standard InChI is InChI=1S/C74H64N4O2/c1-72(2,3)52-41-50(40-51(42-52)70-75-62-38-37-58-57-34-22-33-56(47-26-16-11-17-27-47)68(57)80-69(58)66(62)77(70)54-30-20-13-21-31-54)55-32-23-35-64-65(55)76-71(60-44-53(73(4,5)6)45-61(67(60)79)74(7,8)9)78(64)63-39-36-49(46-24-14-10-15-25-46)43-59(63)48-28-18-12-19-29-48/h10-45,79H,1-9H3. The van der Waals surface area contributed by atoms with Crippen LogP contribution in [0.25, 0.3) is 123 Å². The predicted octanol–water partition coefficient (Wildman–Crippen LogP) is 19.9. The molecule has 10 aromatic carbocycles. The Morgan fingerprint density at radius 1 is 0.388 bits per heavy atom. The van der Waals surface area contributed by atoms with Crippen LogP contribution in [0.1, 0.15) is 79.0 Å². The van der Waals surface area contributed by atoms with Gasteiger partial charge >= 0.3 is 0 Å². The Balaban J connectivity index is 1.10. The smallest absolute Gasteiger partial charge is 0.161 e. The molecule has 0 aliphatic carbocycles. The fraction of sp³-hybridized carbons (Fsp3) is 0.162. The number of aromatic hydroxyl groups is 1. The van der Waals surface area contributed by atoms with Gasteiger partial charge in [0.2, 0.25) is 0 Å². The Morgan fingerprint density at radius 3 is 1.64 bits per heavy atom. The van der Waals surface area contributed by atoms with E-state index < -0.39 is 0 Å². The number of aromatic nitrogens is 4. The zero-order valence-corrected chi connectivity index (χ0v) is 46.9. The van der Waals surface area contributed by atoms with Gasteiger partial charge in [0.1, 0.15) is 28.5 Å². The fourth-order valence-electron chi connectivity index (χ4n) is 11.6. The molecule has 0 radical (unpaired) electrons. The van der Waals surface area contributed by atoms with Crippen molar-refractivity contribution in [2.75, 3.05) is 0 Å². The van der Waals surface area contributed by atoms with E-state index in [-0.39, 0.29) is 22.0 Å². The Bertz CT molecular complexity index is 4510. The SMILES string of the molecule is CC(C)(C)c1cc(-c2cccc3c2nc(-c2cc(C(C)(C)C)cc(C(C)(C)C)c2O)n3-c2ccc(-c3ccccc3)cc2-c2ccccc2)cc(-c2nc3ccc4c5cccc(-c6ccccc6)c5oc4c3n2-c2ccccc2)c1. The molecular weight excluding hydrogens is 977 g/mol. The molecule has 6 nitrogen and oxygen atoms in total. The van der Waals surface area contributed by atoms with Crippen LogP contribution in [0.5, 0.6) is 5.75 Å². The van der Waals surface area contributed by atoms with Crippen LogP contribution >= 0.6 is 0 Å². The largest absolute Gasteiger partial charge is 0.507 e. The van der Waals surface area contributed by atoms with Gasteiger partial charge in [-0.1, -0.05) is 220 Å². The van der Waals surface area contributed by atoms with E-state index in [1.165, 1.54) is 0 Å². The molecule has 0 amide bonds. The second-order valence-corrected chi connectivity index (χ2v) is 24.4. The lowest BCUT2D eigenvalue weighted by Gasteiger charge is -2.27. The first-order valence-corrected chi connectivity index (χ1v) is 27.8. The van der Waals surface area contributed by atoms with E-state index in [2.05, 4.69) is 284 Å². The minimum absolute atomic E-state index is 0.224. The monoisotopic (exact) mass is 1040 g/mol. The van der Waals surface area contributed by atoms with Gasteiger partial charge in [-0.15, -0.1) is 0 Å². The van der Waals surface area contributed by atoms with Crippen LogP contribution < -0.4 is 0 Å². The quantitative estimate of drug-likeness (QED) is 0.165. The number of hydrogen-bond donors (Lipinski definition) is 1. The molecule has 3 aromatic heterocycles. The van der Waals surface area contributed by atoms with Crippen LogP contribution in [-0.4, -0.2) is 24.2 Å². The molecule has 6 heteroatoms. The molecule has 0 aliphatic rings. The summed E-state index contributed by atoms with van der Waals surface area (Å²) < 4.78 is 11.7. The van der Waals surface area contributed by atoms with E-state index in [1.54, 1.807) is 0 Å². The van der Waals surface area contributed by atoms with E-state index in [1.807, 2.05) is 6.07 Å². The van der Waals surface area contributed by atoms with Gasteiger partial charge in [0, 0.05) is 44.3 Å². The highest BCUT2D eigenvalue weighted by Crippen LogP contribution is 2.48. The van der Waals surface area contributed by atoms with Crippen molar-refractivity contribution < 1.29 is 9.52 Å². The van der Waals surface area contributed by atoms with Crippen LogP contribution in [0.15, 0.2) is 223 Å². The minimum atomic E-state index is -0.365. The highest BCUT2D eigenvalue weighted by molar-refractivity contribution is 6.17. The minimum Gasteiger partial charge on any atom is -0.507 e. The van der Waals surface area contributed by atoms with Gasteiger partial charge in [0.05, 0.1) is 27.8 Å². The van der Waals surface area contributed by atoms with E-state index in [0.29, 0.717) is 11.4 Å². The van der Waals surface area contributed by atoms with E-state index >= 15 is 0 Å². The van der Waals surface area contributed by atoms with Gasteiger partial charge in [0.25, 0.3) is 0 Å². The Labute approximate surface area is 468 Å². The van der Waals surface area contributed by atoms with E-state index in [0.717, 1.165) is 128 Å². The third kappa shape index (κ3) is 8.67. The molecular formula is C74H64N4O2. The van der Waals surface area contributed by atoms with Gasteiger partial charge in [-0.25, -0.2) is 9.97 Å². The number of benzene rings is 10.